The molecule has 0 radical (unpaired) electrons. The van der Waals surface area contributed by atoms with Crippen LogP contribution in [-0.4, -0.2) is 18.2 Å². The minimum atomic E-state index is -0.595. The lowest BCUT2D eigenvalue weighted by atomic mass is 10.1. The minimum Gasteiger partial charge on any atom is -0.389 e. The fourth-order valence-corrected chi connectivity index (χ4v) is 1.74. The maximum atomic E-state index is 9.41. The van der Waals surface area contributed by atoms with Gasteiger partial charge in [-0.2, -0.15) is 10.5 Å². The van der Waals surface area contributed by atoms with Crippen LogP contribution in [0, 0.1) is 22.7 Å². The summed E-state index contributed by atoms with van der Waals surface area (Å²) >= 11 is 6.07. The average Bonchev–Trinajstić information content (AvgIpc) is 2.28. The molecule has 0 fully saturated rings. The largest absolute Gasteiger partial charge is 0.389 e. The van der Waals surface area contributed by atoms with E-state index in [9.17, 15) is 5.11 Å². The van der Waals surface area contributed by atoms with Gasteiger partial charge in [0.15, 0.2) is 0 Å². The molecular weight excluding hydrogens is 238 g/mol. The summed E-state index contributed by atoms with van der Waals surface area (Å²) in [5, 5.41) is 27.2. The Morgan fingerprint density at radius 1 is 1.35 bits per heavy atom. The van der Waals surface area contributed by atoms with Gasteiger partial charge in [-0.15, -0.1) is 0 Å². The maximum absolute atomic E-state index is 9.41. The lowest BCUT2D eigenvalue weighted by molar-refractivity contribution is 0.199. The van der Waals surface area contributed by atoms with E-state index in [1.165, 1.54) is 0 Å². The fourth-order valence-electron chi connectivity index (χ4n) is 1.44. The van der Waals surface area contributed by atoms with E-state index >= 15 is 0 Å². The second-order valence-corrected chi connectivity index (χ2v) is 3.97. The van der Waals surface area contributed by atoms with Crippen molar-refractivity contribution < 1.29 is 5.11 Å². The van der Waals surface area contributed by atoms with Crippen molar-refractivity contribution in [2.75, 3.05) is 18.0 Å². The molecule has 1 N–H and O–H groups in total. The zero-order valence-electron chi connectivity index (χ0n) is 9.39. The Balaban J connectivity index is 3.05. The minimum absolute atomic E-state index is 0.0985. The zero-order valence-corrected chi connectivity index (χ0v) is 10.1. The predicted molar refractivity (Wildman–Crippen MR) is 65.5 cm³/mol. The molecule has 1 unspecified atom stereocenters. The third-order valence-electron chi connectivity index (χ3n) is 2.32. The summed E-state index contributed by atoms with van der Waals surface area (Å²) in [4.78, 5) is 1.58. The molecule has 1 aromatic rings. The van der Waals surface area contributed by atoms with Gasteiger partial charge in [-0.3, -0.25) is 0 Å². The van der Waals surface area contributed by atoms with Crippen LogP contribution in [-0.2, 0) is 0 Å². The Morgan fingerprint density at radius 3 is 2.35 bits per heavy atom. The molecule has 1 rings (SSSR count). The number of aliphatic hydroxyl groups excluding tert-OH is 1. The first-order valence-corrected chi connectivity index (χ1v) is 5.44. The van der Waals surface area contributed by atoms with Gasteiger partial charge in [-0.25, -0.2) is 0 Å². The van der Waals surface area contributed by atoms with Crippen molar-refractivity contribution >= 4 is 17.3 Å². The van der Waals surface area contributed by atoms with Crippen molar-refractivity contribution in [1.82, 2.24) is 0 Å². The quantitative estimate of drug-likeness (QED) is 0.831. The molecule has 0 aromatic heterocycles. The molecule has 0 bridgehead atoms. The molecule has 0 saturated carbocycles. The summed E-state index contributed by atoms with van der Waals surface area (Å²) in [5.41, 5.74) is 1.33. The van der Waals surface area contributed by atoms with Crippen LogP contribution >= 0.6 is 11.6 Å². The summed E-state index contributed by atoms with van der Waals surface area (Å²) in [6.07, 6.45) is -0.595. The summed E-state index contributed by atoms with van der Waals surface area (Å²) in [5.74, 6) is 0. The number of anilines is 1. The first kappa shape index (κ1) is 13.3. The van der Waals surface area contributed by atoms with Crippen LogP contribution in [0.3, 0.4) is 0 Å². The molecule has 5 heteroatoms. The first-order valence-electron chi connectivity index (χ1n) is 5.06. The van der Waals surface area contributed by atoms with Crippen LogP contribution in [0.25, 0.3) is 0 Å². The van der Waals surface area contributed by atoms with E-state index in [4.69, 9.17) is 22.1 Å². The highest BCUT2D eigenvalue weighted by Crippen LogP contribution is 2.28. The van der Waals surface area contributed by atoms with Crippen molar-refractivity contribution in [2.24, 2.45) is 0 Å². The monoisotopic (exact) mass is 249 g/mol. The maximum Gasteiger partial charge on any atom is 0.107 e. The molecule has 4 nitrogen and oxygen atoms in total. The Kier molecular flexibility index (Phi) is 4.78. The van der Waals surface area contributed by atoms with E-state index in [-0.39, 0.29) is 13.1 Å². The van der Waals surface area contributed by atoms with E-state index in [0.717, 1.165) is 0 Å². The normalized spacial score (nSPS) is 11.4. The molecule has 1 atom stereocenters. The van der Waals surface area contributed by atoms with Gasteiger partial charge in [0, 0.05) is 0 Å². The van der Waals surface area contributed by atoms with Gasteiger partial charge in [0.25, 0.3) is 0 Å². The summed E-state index contributed by atoms with van der Waals surface area (Å²) in [7, 11) is 0. The Bertz CT molecular complexity index is 458. The molecule has 0 amide bonds. The number of nitriles is 2. The zero-order chi connectivity index (χ0) is 12.8. The molecule has 0 heterocycles. The van der Waals surface area contributed by atoms with Gasteiger partial charge in [-0.1, -0.05) is 17.7 Å². The summed E-state index contributed by atoms with van der Waals surface area (Å²) < 4.78 is 0. The van der Waals surface area contributed by atoms with Gasteiger partial charge < -0.3 is 10.0 Å². The predicted octanol–water partition coefficient (Wildman–Crippen LogP) is 2.25. The standard InChI is InChI=1S/C12H12ClN3O/c1-9(17)10-2-3-12(11(13)8-10)16(6-4-14)7-5-15/h2-3,8-9,17H,6-7H2,1H3. The van der Waals surface area contributed by atoms with E-state index in [1.54, 1.807) is 30.0 Å². The molecule has 0 aliphatic carbocycles. The molecule has 0 spiro atoms. The number of nitrogens with zero attached hydrogens (tertiary/aromatic N) is 3. The first-order chi connectivity index (χ1) is 8.10. The topological polar surface area (TPSA) is 71.0 Å². The second-order valence-electron chi connectivity index (χ2n) is 3.56. The molecule has 0 aliphatic heterocycles. The lowest BCUT2D eigenvalue weighted by Crippen LogP contribution is -2.24. The third kappa shape index (κ3) is 3.35. The van der Waals surface area contributed by atoms with E-state index in [2.05, 4.69) is 0 Å². The van der Waals surface area contributed by atoms with Crippen molar-refractivity contribution in [3.05, 3.63) is 28.8 Å². The second kappa shape index (κ2) is 6.10. The molecule has 0 saturated heterocycles. The van der Waals surface area contributed by atoms with Crippen LogP contribution in [0.5, 0.6) is 0 Å². The Labute approximate surface area is 105 Å². The Hall–Kier alpha value is -1.75. The van der Waals surface area contributed by atoms with E-state index in [1.807, 2.05) is 12.1 Å². The number of hydrogen-bond acceptors (Lipinski definition) is 4. The SMILES string of the molecule is CC(O)c1ccc(N(CC#N)CC#N)c(Cl)c1. The van der Waals surface area contributed by atoms with Crippen molar-refractivity contribution in [2.45, 2.75) is 13.0 Å². The molecular formula is C12H12ClN3O. The highest BCUT2D eigenvalue weighted by atomic mass is 35.5. The number of aliphatic hydroxyl groups is 1. The van der Waals surface area contributed by atoms with Crippen LogP contribution < -0.4 is 4.90 Å². The van der Waals surface area contributed by atoms with E-state index in [0.29, 0.717) is 16.3 Å². The number of halogens is 1. The smallest absolute Gasteiger partial charge is 0.107 e. The molecule has 88 valence electrons. The fraction of sp³-hybridized carbons (Fsp3) is 0.333. The summed E-state index contributed by atoms with van der Waals surface area (Å²) in [6.45, 7) is 1.84. The van der Waals surface area contributed by atoms with Gasteiger partial charge in [0.1, 0.15) is 13.1 Å². The average molecular weight is 250 g/mol. The van der Waals surface area contributed by atoms with Crippen LogP contribution in [0.2, 0.25) is 5.02 Å². The molecule has 17 heavy (non-hydrogen) atoms. The third-order valence-corrected chi connectivity index (χ3v) is 2.62. The number of benzene rings is 1. The molecule has 0 aliphatic rings. The van der Waals surface area contributed by atoms with Crippen LogP contribution in [0.4, 0.5) is 5.69 Å². The highest BCUT2D eigenvalue weighted by molar-refractivity contribution is 6.33. The highest BCUT2D eigenvalue weighted by Gasteiger charge is 2.11. The number of hydrogen-bond donors (Lipinski definition) is 1. The lowest BCUT2D eigenvalue weighted by Gasteiger charge is -2.20. The van der Waals surface area contributed by atoms with Gasteiger partial charge in [-0.05, 0) is 24.6 Å². The summed E-state index contributed by atoms with van der Waals surface area (Å²) in [6, 6.07) is 9.04. The van der Waals surface area contributed by atoms with Gasteiger partial charge >= 0.3 is 0 Å². The van der Waals surface area contributed by atoms with Crippen LogP contribution in [0.15, 0.2) is 18.2 Å². The van der Waals surface area contributed by atoms with Crippen molar-refractivity contribution in [3.63, 3.8) is 0 Å². The van der Waals surface area contributed by atoms with Crippen LogP contribution in [0.1, 0.15) is 18.6 Å². The van der Waals surface area contributed by atoms with Crippen molar-refractivity contribution in [3.8, 4) is 12.1 Å². The van der Waals surface area contributed by atoms with E-state index < -0.39 is 6.10 Å². The van der Waals surface area contributed by atoms with Gasteiger partial charge in [0.05, 0.1) is 29.0 Å². The van der Waals surface area contributed by atoms with Gasteiger partial charge in [0.2, 0.25) is 0 Å². The van der Waals surface area contributed by atoms with Crippen molar-refractivity contribution in [1.29, 1.82) is 10.5 Å². The molecule has 1 aromatic carbocycles. The Morgan fingerprint density at radius 2 is 1.94 bits per heavy atom. The number of rotatable bonds is 4.